The Morgan fingerprint density at radius 2 is 2.13 bits per heavy atom. The molecule has 1 fully saturated rings. The van der Waals surface area contributed by atoms with Gasteiger partial charge in [0.15, 0.2) is 0 Å². The van der Waals surface area contributed by atoms with E-state index < -0.39 is 17.6 Å². The lowest BCUT2D eigenvalue weighted by Gasteiger charge is -2.39. The summed E-state index contributed by atoms with van der Waals surface area (Å²) in [7, 11) is 1.57. The summed E-state index contributed by atoms with van der Waals surface area (Å²) in [5.74, 6) is -0.402. The van der Waals surface area contributed by atoms with E-state index in [2.05, 4.69) is 0 Å². The van der Waals surface area contributed by atoms with Crippen molar-refractivity contribution < 1.29 is 19.0 Å². The number of rotatable bonds is 4. The normalized spacial score (nSPS) is 22.1. The highest BCUT2D eigenvalue weighted by Crippen LogP contribution is 2.27. The average Bonchev–Trinajstić information content (AvgIpc) is 2.29. The van der Waals surface area contributed by atoms with E-state index in [1.165, 1.54) is 0 Å². The number of ether oxygens (including phenoxy) is 3. The minimum absolute atomic E-state index is 0.336. The van der Waals surface area contributed by atoms with Crippen LogP contribution in [0.25, 0.3) is 0 Å². The van der Waals surface area contributed by atoms with Gasteiger partial charge in [0.05, 0.1) is 12.2 Å². The fraction of sp³-hybridized carbons (Fsp3) is 0.900. The Morgan fingerprint density at radius 1 is 1.53 bits per heavy atom. The summed E-state index contributed by atoms with van der Waals surface area (Å²) in [6, 6.07) is -0.730. The van der Waals surface area contributed by atoms with Crippen LogP contribution in [-0.2, 0) is 19.0 Å². The summed E-state index contributed by atoms with van der Waals surface area (Å²) in [4.78, 5) is 11.5. The quantitative estimate of drug-likeness (QED) is 0.675. The smallest absolute Gasteiger partial charge is 0.325 e. The molecule has 5 nitrogen and oxygen atoms in total. The van der Waals surface area contributed by atoms with Crippen molar-refractivity contribution in [2.75, 3.05) is 26.9 Å². The number of carbonyl (C=O) groups excluding carboxylic acids is 1. The first-order chi connectivity index (χ1) is 7.16. The average molecular weight is 217 g/mol. The molecule has 0 amide bonds. The van der Waals surface area contributed by atoms with Gasteiger partial charge in [0, 0.05) is 33.2 Å². The van der Waals surface area contributed by atoms with E-state index in [1.54, 1.807) is 14.0 Å². The minimum Gasteiger partial charge on any atom is -0.465 e. The van der Waals surface area contributed by atoms with E-state index in [1.807, 2.05) is 0 Å². The summed E-state index contributed by atoms with van der Waals surface area (Å²) in [6.45, 7) is 3.23. The van der Waals surface area contributed by atoms with Crippen LogP contribution >= 0.6 is 0 Å². The third kappa shape index (κ3) is 2.68. The molecule has 5 heteroatoms. The summed E-state index contributed by atoms with van der Waals surface area (Å²) in [5.41, 5.74) is 5.25. The van der Waals surface area contributed by atoms with Gasteiger partial charge in [0.25, 0.3) is 0 Å². The van der Waals surface area contributed by atoms with Crippen molar-refractivity contribution >= 4 is 5.97 Å². The van der Waals surface area contributed by atoms with Gasteiger partial charge >= 0.3 is 5.97 Å². The molecule has 1 aliphatic rings. The molecular formula is C10H19NO4. The van der Waals surface area contributed by atoms with Crippen molar-refractivity contribution in [1.29, 1.82) is 0 Å². The van der Waals surface area contributed by atoms with E-state index in [0.29, 0.717) is 32.7 Å². The largest absolute Gasteiger partial charge is 0.465 e. The van der Waals surface area contributed by atoms with E-state index >= 15 is 0 Å². The minimum atomic E-state index is -0.730. The molecule has 1 aliphatic heterocycles. The Morgan fingerprint density at radius 3 is 2.60 bits per heavy atom. The molecule has 1 unspecified atom stereocenters. The summed E-state index contributed by atoms with van der Waals surface area (Å²) >= 11 is 0. The number of hydrogen-bond acceptors (Lipinski definition) is 5. The highest BCUT2D eigenvalue weighted by molar-refractivity contribution is 5.77. The molecule has 0 radical (unpaired) electrons. The molecule has 0 aliphatic carbocycles. The molecule has 2 N–H and O–H groups in total. The van der Waals surface area contributed by atoms with Gasteiger partial charge in [-0.3, -0.25) is 4.79 Å². The van der Waals surface area contributed by atoms with Crippen LogP contribution in [0.1, 0.15) is 19.8 Å². The van der Waals surface area contributed by atoms with E-state index in [-0.39, 0.29) is 0 Å². The van der Waals surface area contributed by atoms with Gasteiger partial charge in [-0.1, -0.05) is 0 Å². The molecule has 88 valence electrons. The Balaban J connectivity index is 2.66. The Labute approximate surface area is 89.9 Å². The van der Waals surface area contributed by atoms with Crippen molar-refractivity contribution in [2.45, 2.75) is 31.4 Å². The molecule has 1 heterocycles. The zero-order chi connectivity index (χ0) is 11.3. The van der Waals surface area contributed by atoms with Crippen LogP contribution in [-0.4, -0.2) is 44.5 Å². The summed E-state index contributed by atoms with van der Waals surface area (Å²) in [5, 5.41) is 0. The number of methoxy groups -OCH3 is 1. The summed E-state index contributed by atoms with van der Waals surface area (Å²) < 4.78 is 15.5. The molecule has 1 atom stereocenters. The Hall–Kier alpha value is -0.650. The van der Waals surface area contributed by atoms with Crippen LogP contribution in [0.4, 0.5) is 0 Å². The maximum atomic E-state index is 11.5. The second kappa shape index (κ2) is 5.44. The first kappa shape index (κ1) is 12.4. The standard InChI is InChI=1S/C10H19NO4/c1-3-15-9(12)8(11)10(13-2)4-6-14-7-5-10/h8H,3-7,11H2,1-2H3. The number of carbonyl (C=O) groups is 1. The van der Waals surface area contributed by atoms with Gasteiger partial charge < -0.3 is 19.9 Å². The van der Waals surface area contributed by atoms with Gasteiger partial charge in [-0.25, -0.2) is 0 Å². The topological polar surface area (TPSA) is 70.8 Å². The molecule has 0 aromatic rings. The highest BCUT2D eigenvalue weighted by Gasteiger charge is 2.43. The number of esters is 1. The van der Waals surface area contributed by atoms with Crippen molar-refractivity contribution in [1.82, 2.24) is 0 Å². The molecule has 0 bridgehead atoms. The monoisotopic (exact) mass is 217 g/mol. The van der Waals surface area contributed by atoms with Gasteiger partial charge in [0.1, 0.15) is 6.04 Å². The third-order valence-electron chi connectivity index (χ3n) is 2.85. The van der Waals surface area contributed by atoms with E-state index in [9.17, 15) is 4.79 Å². The fourth-order valence-electron chi connectivity index (χ4n) is 1.81. The highest BCUT2D eigenvalue weighted by atomic mass is 16.5. The Kier molecular flexibility index (Phi) is 4.50. The zero-order valence-electron chi connectivity index (χ0n) is 9.32. The Bertz CT molecular complexity index is 213. The SMILES string of the molecule is CCOC(=O)C(N)C1(OC)CCOCC1. The maximum absolute atomic E-state index is 11.5. The van der Waals surface area contributed by atoms with Crippen LogP contribution in [0.2, 0.25) is 0 Å². The second-order valence-electron chi connectivity index (χ2n) is 3.61. The lowest BCUT2D eigenvalue weighted by Crippen LogP contribution is -2.57. The molecule has 1 rings (SSSR count). The van der Waals surface area contributed by atoms with Crippen LogP contribution in [0, 0.1) is 0 Å². The number of hydrogen-bond donors (Lipinski definition) is 1. The molecule has 0 saturated carbocycles. The molecule has 0 aromatic heterocycles. The lowest BCUT2D eigenvalue weighted by molar-refractivity contribution is -0.160. The molecule has 15 heavy (non-hydrogen) atoms. The van der Waals surface area contributed by atoms with Crippen LogP contribution < -0.4 is 5.73 Å². The van der Waals surface area contributed by atoms with Crippen LogP contribution in [0.15, 0.2) is 0 Å². The summed E-state index contributed by atoms with van der Waals surface area (Å²) in [6.07, 6.45) is 1.26. The van der Waals surface area contributed by atoms with Crippen molar-refractivity contribution in [3.05, 3.63) is 0 Å². The van der Waals surface area contributed by atoms with Gasteiger partial charge in [-0.05, 0) is 6.92 Å². The molecule has 1 saturated heterocycles. The fourth-order valence-corrected chi connectivity index (χ4v) is 1.81. The van der Waals surface area contributed by atoms with E-state index in [0.717, 1.165) is 0 Å². The van der Waals surface area contributed by atoms with E-state index in [4.69, 9.17) is 19.9 Å². The van der Waals surface area contributed by atoms with Crippen LogP contribution in [0.3, 0.4) is 0 Å². The maximum Gasteiger partial charge on any atom is 0.325 e. The zero-order valence-corrected chi connectivity index (χ0v) is 9.32. The van der Waals surface area contributed by atoms with Crippen LogP contribution in [0.5, 0.6) is 0 Å². The third-order valence-corrected chi connectivity index (χ3v) is 2.85. The molecular weight excluding hydrogens is 198 g/mol. The van der Waals surface area contributed by atoms with Crippen molar-refractivity contribution in [3.8, 4) is 0 Å². The van der Waals surface area contributed by atoms with Gasteiger partial charge in [-0.2, -0.15) is 0 Å². The molecule has 0 spiro atoms. The van der Waals surface area contributed by atoms with Gasteiger partial charge in [0.2, 0.25) is 0 Å². The first-order valence-electron chi connectivity index (χ1n) is 5.21. The molecule has 0 aromatic carbocycles. The first-order valence-corrected chi connectivity index (χ1v) is 5.21. The predicted octanol–water partition coefficient (Wildman–Crippen LogP) is 0.0724. The van der Waals surface area contributed by atoms with Crippen molar-refractivity contribution in [3.63, 3.8) is 0 Å². The second-order valence-corrected chi connectivity index (χ2v) is 3.61. The van der Waals surface area contributed by atoms with Gasteiger partial charge in [-0.15, -0.1) is 0 Å². The predicted molar refractivity (Wildman–Crippen MR) is 54.4 cm³/mol. The lowest BCUT2D eigenvalue weighted by atomic mass is 9.86. The van der Waals surface area contributed by atoms with Crippen molar-refractivity contribution in [2.24, 2.45) is 5.73 Å². The number of nitrogens with two attached hydrogens (primary N) is 1.